The predicted molar refractivity (Wildman–Crippen MR) is 82.4 cm³/mol. The summed E-state index contributed by atoms with van der Waals surface area (Å²) in [6, 6.07) is 6.52. The molecular formula is C16H16F3N3O. The molecule has 0 atom stereocenters. The molecule has 0 bridgehead atoms. The van der Waals surface area contributed by atoms with Crippen molar-refractivity contribution in [2.75, 3.05) is 10.6 Å². The molecular weight excluding hydrogens is 307 g/mol. The highest BCUT2D eigenvalue weighted by atomic mass is 19.4. The molecule has 0 unspecified atom stereocenters. The zero-order valence-corrected chi connectivity index (χ0v) is 12.6. The van der Waals surface area contributed by atoms with E-state index in [0.29, 0.717) is 5.69 Å². The molecule has 0 spiro atoms. The van der Waals surface area contributed by atoms with Gasteiger partial charge in [-0.15, -0.1) is 0 Å². The van der Waals surface area contributed by atoms with Crippen LogP contribution in [-0.4, -0.2) is 16.9 Å². The van der Waals surface area contributed by atoms with Gasteiger partial charge >= 0.3 is 6.18 Å². The first-order valence-corrected chi connectivity index (χ1v) is 6.96. The van der Waals surface area contributed by atoms with Gasteiger partial charge < -0.3 is 10.6 Å². The van der Waals surface area contributed by atoms with E-state index in [0.717, 1.165) is 6.07 Å². The maximum absolute atomic E-state index is 12.9. The van der Waals surface area contributed by atoms with E-state index < -0.39 is 17.6 Å². The molecule has 1 amide bonds. The molecule has 4 nitrogen and oxygen atoms in total. The molecule has 0 saturated heterocycles. The number of para-hydroxylation sites is 1. The quantitative estimate of drug-likeness (QED) is 0.888. The molecule has 1 heterocycles. The SMILES string of the molecule is CC(C)Nc1cncc(C(=O)Nc2ccccc2C(F)(F)F)c1. The normalized spacial score (nSPS) is 11.4. The van der Waals surface area contributed by atoms with Gasteiger partial charge in [-0.3, -0.25) is 9.78 Å². The lowest BCUT2D eigenvalue weighted by molar-refractivity contribution is -0.136. The minimum Gasteiger partial charge on any atom is -0.382 e. The number of nitrogens with one attached hydrogen (secondary N) is 2. The maximum Gasteiger partial charge on any atom is 0.418 e. The molecule has 1 aromatic heterocycles. The first-order chi connectivity index (χ1) is 10.8. The molecule has 122 valence electrons. The Kier molecular flexibility index (Phi) is 4.88. The van der Waals surface area contributed by atoms with Crippen molar-refractivity contribution in [3.05, 3.63) is 53.9 Å². The fourth-order valence-electron chi connectivity index (χ4n) is 2.01. The summed E-state index contributed by atoms with van der Waals surface area (Å²) in [6.45, 7) is 3.85. The van der Waals surface area contributed by atoms with E-state index in [4.69, 9.17) is 0 Å². The zero-order valence-electron chi connectivity index (χ0n) is 12.6. The number of halogens is 3. The number of alkyl halides is 3. The van der Waals surface area contributed by atoms with Gasteiger partial charge in [-0.2, -0.15) is 13.2 Å². The number of rotatable bonds is 4. The lowest BCUT2D eigenvalue weighted by Gasteiger charge is -2.14. The Morgan fingerprint density at radius 1 is 1.17 bits per heavy atom. The lowest BCUT2D eigenvalue weighted by Crippen LogP contribution is -2.17. The summed E-state index contributed by atoms with van der Waals surface area (Å²) in [5.74, 6) is -0.651. The van der Waals surface area contributed by atoms with Crippen LogP contribution in [-0.2, 0) is 6.18 Å². The minimum absolute atomic E-state index is 0.140. The Morgan fingerprint density at radius 2 is 1.87 bits per heavy atom. The predicted octanol–water partition coefficient (Wildman–Crippen LogP) is 4.17. The van der Waals surface area contributed by atoms with Crippen LogP contribution in [0.4, 0.5) is 24.5 Å². The largest absolute Gasteiger partial charge is 0.418 e. The number of carbonyl (C=O) groups is 1. The fraction of sp³-hybridized carbons (Fsp3) is 0.250. The summed E-state index contributed by atoms with van der Waals surface area (Å²) < 4.78 is 38.8. The smallest absolute Gasteiger partial charge is 0.382 e. The van der Waals surface area contributed by atoms with Gasteiger partial charge in [-0.1, -0.05) is 12.1 Å². The lowest BCUT2D eigenvalue weighted by atomic mass is 10.1. The second-order valence-electron chi connectivity index (χ2n) is 5.26. The van der Waals surface area contributed by atoms with Crippen molar-refractivity contribution in [1.82, 2.24) is 4.98 Å². The van der Waals surface area contributed by atoms with E-state index in [9.17, 15) is 18.0 Å². The zero-order chi connectivity index (χ0) is 17.0. The monoisotopic (exact) mass is 323 g/mol. The number of aromatic nitrogens is 1. The Hall–Kier alpha value is -2.57. The van der Waals surface area contributed by atoms with Crippen LogP contribution in [0.15, 0.2) is 42.7 Å². The maximum atomic E-state index is 12.9. The van der Waals surface area contributed by atoms with Crippen LogP contribution in [0.2, 0.25) is 0 Å². The summed E-state index contributed by atoms with van der Waals surface area (Å²) in [5.41, 5.74) is -0.380. The molecule has 0 aliphatic heterocycles. The van der Waals surface area contributed by atoms with E-state index in [1.165, 1.54) is 24.4 Å². The number of hydrogen-bond acceptors (Lipinski definition) is 3. The molecule has 1 aromatic carbocycles. The summed E-state index contributed by atoms with van der Waals surface area (Å²) in [5, 5.41) is 5.36. The Morgan fingerprint density at radius 3 is 2.52 bits per heavy atom. The van der Waals surface area contributed by atoms with Gasteiger partial charge in [0.2, 0.25) is 0 Å². The molecule has 2 aromatic rings. The number of benzene rings is 1. The van der Waals surface area contributed by atoms with Crippen LogP contribution in [0.1, 0.15) is 29.8 Å². The highest BCUT2D eigenvalue weighted by Crippen LogP contribution is 2.34. The van der Waals surface area contributed by atoms with Crippen molar-refractivity contribution in [1.29, 1.82) is 0 Å². The van der Waals surface area contributed by atoms with Crippen molar-refractivity contribution in [3.63, 3.8) is 0 Å². The van der Waals surface area contributed by atoms with Crippen LogP contribution in [0.25, 0.3) is 0 Å². The second-order valence-corrected chi connectivity index (χ2v) is 5.26. The molecule has 0 saturated carbocycles. The van der Waals surface area contributed by atoms with E-state index in [1.807, 2.05) is 13.8 Å². The van der Waals surface area contributed by atoms with Crippen molar-refractivity contribution in [2.45, 2.75) is 26.1 Å². The fourth-order valence-corrected chi connectivity index (χ4v) is 2.01. The molecule has 23 heavy (non-hydrogen) atoms. The molecule has 0 fully saturated rings. The van der Waals surface area contributed by atoms with Gasteiger partial charge in [0.25, 0.3) is 5.91 Å². The van der Waals surface area contributed by atoms with Crippen molar-refractivity contribution in [2.24, 2.45) is 0 Å². The first-order valence-electron chi connectivity index (χ1n) is 6.96. The van der Waals surface area contributed by atoms with Crippen molar-refractivity contribution >= 4 is 17.3 Å². The first kappa shape index (κ1) is 16.8. The van der Waals surface area contributed by atoms with Crippen LogP contribution < -0.4 is 10.6 Å². The van der Waals surface area contributed by atoms with Crippen molar-refractivity contribution < 1.29 is 18.0 Å². The van der Waals surface area contributed by atoms with Gasteiger partial charge in [-0.05, 0) is 32.0 Å². The van der Waals surface area contributed by atoms with Crippen LogP contribution in [0.3, 0.4) is 0 Å². The van der Waals surface area contributed by atoms with Gasteiger partial charge in [0.1, 0.15) is 0 Å². The summed E-state index contributed by atoms with van der Waals surface area (Å²) >= 11 is 0. The van der Waals surface area contributed by atoms with Crippen LogP contribution >= 0.6 is 0 Å². The third-order valence-electron chi connectivity index (χ3n) is 2.94. The molecule has 2 N–H and O–H groups in total. The number of amides is 1. The highest BCUT2D eigenvalue weighted by molar-refractivity contribution is 6.05. The van der Waals surface area contributed by atoms with E-state index >= 15 is 0 Å². The van der Waals surface area contributed by atoms with Crippen molar-refractivity contribution in [3.8, 4) is 0 Å². The van der Waals surface area contributed by atoms with E-state index in [2.05, 4.69) is 15.6 Å². The number of nitrogens with zero attached hydrogens (tertiary/aromatic N) is 1. The average molecular weight is 323 g/mol. The standard InChI is InChI=1S/C16H16F3N3O/c1-10(2)21-12-7-11(8-20-9-12)15(23)22-14-6-4-3-5-13(14)16(17,18)19/h3-10,21H,1-2H3,(H,22,23). The summed E-state index contributed by atoms with van der Waals surface area (Å²) in [4.78, 5) is 16.1. The van der Waals surface area contributed by atoms with Gasteiger partial charge in [0, 0.05) is 18.4 Å². The Balaban J connectivity index is 2.23. The minimum atomic E-state index is -4.54. The number of pyridine rings is 1. The van der Waals surface area contributed by atoms with Gasteiger partial charge in [0.15, 0.2) is 0 Å². The topological polar surface area (TPSA) is 54.0 Å². The van der Waals surface area contributed by atoms with Gasteiger partial charge in [0.05, 0.1) is 22.5 Å². The number of hydrogen-bond donors (Lipinski definition) is 2. The average Bonchev–Trinajstić information content (AvgIpc) is 2.46. The third-order valence-corrected chi connectivity index (χ3v) is 2.94. The Labute approximate surface area is 131 Å². The van der Waals surface area contributed by atoms with Crippen LogP contribution in [0, 0.1) is 0 Å². The molecule has 7 heteroatoms. The third kappa shape index (κ3) is 4.45. The van der Waals surface area contributed by atoms with Gasteiger partial charge in [-0.25, -0.2) is 0 Å². The van der Waals surface area contributed by atoms with E-state index in [-0.39, 0.29) is 17.3 Å². The Bertz CT molecular complexity index is 699. The number of anilines is 2. The molecule has 0 aliphatic carbocycles. The summed E-state index contributed by atoms with van der Waals surface area (Å²) in [6.07, 6.45) is -1.69. The second kappa shape index (κ2) is 6.68. The molecule has 0 radical (unpaired) electrons. The number of carbonyl (C=O) groups excluding carboxylic acids is 1. The molecule has 0 aliphatic rings. The highest BCUT2D eigenvalue weighted by Gasteiger charge is 2.33. The summed E-state index contributed by atoms with van der Waals surface area (Å²) in [7, 11) is 0. The van der Waals surface area contributed by atoms with Crippen LogP contribution in [0.5, 0.6) is 0 Å². The van der Waals surface area contributed by atoms with E-state index in [1.54, 1.807) is 12.3 Å². The molecule has 2 rings (SSSR count).